The summed E-state index contributed by atoms with van der Waals surface area (Å²) in [4.78, 5) is 0. The van der Waals surface area contributed by atoms with E-state index in [0.29, 0.717) is 0 Å². The zero-order chi connectivity index (χ0) is 16.0. The van der Waals surface area contributed by atoms with E-state index in [4.69, 9.17) is 0 Å². The van der Waals surface area contributed by atoms with Gasteiger partial charge in [-0.1, -0.05) is 66.3 Å². The van der Waals surface area contributed by atoms with Gasteiger partial charge < -0.3 is 5.32 Å². The van der Waals surface area contributed by atoms with Crippen molar-refractivity contribution in [3.8, 4) is 0 Å². The molecule has 1 aromatic rings. The Balaban J connectivity index is 0. The van der Waals surface area contributed by atoms with Crippen molar-refractivity contribution in [2.24, 2.45) is 0 Å². The average Bonchev–Trinajstić information content (AvgIpc) is 2.86. The summed E-state index contributed by atoms with van der Waals surface area (Å²) in [6.45, 7) is 18.2. The van der Waals surface area contributed by atoms with Gasteiger partial charge in [0.2, 0.25) is 0 Å². The average molecular weight is 275 g/mol. The Hall–Kier alpha value is -1.50. The van der Waals surface area contributed by atoms with Crippen LogP contribution in [0.2, 0.25) is 0 Å². The molecule has 114 valence electrons. The van der Waals surface area contributed by atoms with Crippen molar-refractivity contribution in [3.63, 3.8) is 0 Å². The predicted octanol–water partition coefficient (Wildman–Crippen LogP) is 6.80. The molecule has 20 heavy (non-hydrogen) atoms. The molecule has 0 saturated carbocycles. The van der Waals surface area contributed by atoms with Crippen LogP contribution in [0.1, 0.15) is 61.3 Å². The Labute approximate surface area is 126 Å². The van der Waals surface area contributed by atoms with Crippen LogP contribution >= 0.6 is 0 Å². The van der Waals surface area contributed by atoms with Crippen molar-refractivity contribution >= 4 is 5.69 Å². The van der Waals surface area contributed by atoms with Gasteiger partial charge in [0.25, 0.3) is 0 Å². The van der Waals surface area contributed by atoms with Crippen LogP contribution in [0.4, 0.5) is 5.69 Å². The first kappa shape index (κ1) is 20.8. The maximum absolute atomic E-state index is 4.06. The summed E-state index contributed by atoms with van der Waals surface area (Å²) < 4.78 is 0. The quantitative estimate of drug-likeness (QED) is 0.625. The molecule has 1 aliphatic rings. The van der Waals surface area contributed by atoms with Gasteiger partial charge in [-0.05, 0) is 43.0 Å². The molecule has 0 unspecified atom stereocenters. The van der Waals surface area contributed by atoms with Crippen molar-refractivity contribution in [1.29, 1.82) is 0 Å². The summed E-state index contributed by atoms with van der Waals surface area (Å²) in [5, 5.41) is 3.42. The van der Waals surface area contributed by atoms with E-state index < -0.39 is 0 Å². The molecule has 2 rings (SSSR count). The van der Waals surface area contributed by atoms with Gasteiger partial charge in [0.1, 0.15) is 0 Å². The lowest BCUT2D eigenvalue weighted by molar-refractivity contribution is 1.01. The number of nitrogens with one attached hydrogen (secondary N) is 1. The molecule has 0 heterocycles. The van der Waals surface area contributed by atoms with E-state index in [-0.39, 0.29) is 0 Å². The molecule has 0 saturated heterocycles. The molecular weight excluding hydrogens is 242 g/mol. The minimum Gasteiger partial charge on any atom is -0.355 e. The number of benzene rings is 1. The summed E-state index contributed by atoms with van der Waals surface area (Å²) in [5.74, 6) is 0. The Morgan fingerprint density at radius 1 is 0.850 bits per heavy atom. The highest BCUT2D eigenvalue weighted by Gasteiger charge is 2.14. The monoisotopic (exact) mass is 275 g/mol. The number of para-hydroxylation sites is 1. The van der Waals surface area contributed by atoms with Crippen molar-refractivity contribution in [1.82, 2.24) is 0 Å². The fraction of sp³-hybridized carbons (Fsp3) is 0.474. The maximum atomic E-state index is 4.06. The molecule has 0 aromatic heterocycles. The van der Waals surface area contributed by atoms with Crippen LogP contribution in [0, 0.1) is 0 Å². The molecule has 0 spiro atoms. The van der Waals surface area contributed by atoms with Crippen molar-refractivity contribution in [2.45, 2.75) is 61.3 Å². The minimum absolute atomic E-state index is 1.10. The normalized spacial score (nSPS) is 12.2. The van der Waals surface area contributed by atoms with E-state index in [9.17, 15) is 0 Å². The molecule has 0 bridgehead atoms. The van der Waals surface area contributed by atoms with Crippen molar-refractivity contribution in [3.05, 3.63) is 53.8 Å². The van der Waals surface area contributed by atoms with E-state index in [0.717, 1.165) is 18.5 Å². The third kappa shape index (κ3) is 7.18. The van der Waals surface area contributed by atoms with Crippen LogP contribution in [0.25, 0.3) is 0 Å². The highest BCUT2D eigenvalue weighted by atomic mass is 14.9. The van der Waals surface area contributed by atoms with Crippen molar-refractivity contribution in [2.75, 3.05) is 5.32 Å². The minimum atomic E-state index is 1.10. The van der Waals surface area contributed by atoms with Crippen LogP contribution in [-0.4, -0.2) is 0 Å². The third-order valence-corrected chi connectivity index (χ3v) is 2.63. The van der Waals surface area contributed by atoms with Crippen LogP contribution in [0.3, 0.4) is 0 Å². The van der Waals surface area contributed by atoms with Gasteiger partial charge in [-0.15, -0.1) is 0 Å². The largest absolute Gasteiger partial charge is 0.355 e. The van der Waals surface area contributed by atoms with Gasteiger partial charge in [-0.3, -0.25) is 0 Å². The van der Waals surface area contributed by atoms with Gasteiger partial charge in [0.05, 0.1) is 0 Å². The van der Waals surface area contributed by atoms with E-state index in [1.165, 1.54) is 16.8 Å². The van der Waals surface area contributed by atoms with Gasteiger partial charge in [0, 0.05) is 11.4 Å². The summed E-state index contributed by atoms with van der Waals surface area (Å²) >= 11 is 0. The molecule has 1 nitrogen and oxygen atoms in total. The molecule has 0 amide bonds. The highest BCUT2D eigenvalue weighted by molar-refractivity contribution is 5.55. The van der Waals surface area contributed by atoms with Gasteiger partial charge >= 0.3 is 0 Å². The fourth-order valence-corrected chi connectivity index (χ4v) is 1.75. The molecule has 1 N–H and O–H groups in total. The summed E-state index contributed by atoms with van der Waals surface area (Å²) in [6, 6.07) is 10.2. The molecule has 1 aliphatic carbocycles. The van der Waals surface area contributed by atoms with E-state index in [1.54, 1.807) is 0 Å². The topological polar surface area (TPSA) is 12.0 Å². The number of anilines is 1. The second kappa shape index (κ2) is 13.9. The Morgan fingerprint density at radius 3 is 1.75 bits per heavy atom. The zero-order valence-corrected chi connectivity index (χ0v) is 14.5. The molecule has 0 fully saturated rings. The fourth-order valence-electron chi connectivity index (χ4n) is 1.75. The number of rotatable bonds is 2. The first-order valence-corrected chi connectivity index (χ1v) is 7.97. The second-order valence-electron chi connectivity index (χ2n) is 3.75. The lowest BCUT2D eigenvalue weighted by Gasteiger charge is -2.09. The standard InChI is InChI=1S/C13H15N.3C2H6/c1-10-8-9-11(2)13(10)14-12-6-4-3-5-7-12;3*1-2/h3-7,14H,1,8-9H2,2H3;3*1-2H3. The number of hydrogen-bond donors (Lipinski definition) is 1. The molecule has 1 heteroatoms. The SMILES string of the molecule is C=C1CCC(C)=C1Nc1ccccc1.CC.CC.CC. The van der Waals surface area contributed by atoms with Gasteiger partial charge in [-0.25, -0.2) is 0 Å². The summed E-state index contributed by atoms with van der Waals surface area (Å²) in [6.07, 6.45) is 2.25. The third-order valence-electron chi connectivity index (χ3n) is 2.63. The van der Waals surface area contributed by atoms with Crippen molar-refractivity contribution < 1.29 is 0 Å². The Kier molecular flexibility index (Phi) is 14.5. The Morgan fingerprint density at radius 2 is 1.35 bits per heavy atom. The van der Waals surface area contributed by atoms with E-state index >= 15 is 0 Å². The first-order valence-electron chi connectivity index (χ1n) is 7.97. The second-order valence-corrected chi connectivity index (χ2v) is 3.75. The van der Waals surface area contributed by atoms with E-state index in [1.807, 2.05) is 59.7 Å². The predicted molar refractivity (Wildman–Crippen MR) is 95.2 cm³/mol. The maximum Gasteiger partial charge on any atom is 0.0400 e. The summed E-state index contributed by atoms with van der Waals surface area (Å²) in [5.41, 5.74) is 5.02. The molecule has 0 atom stereocenters. The molecule has 1 aromatic carbocycles. The van der Waals surface area contributed by atoms with E-state index in [2.05, 4.69) is 31.0 Å². The van der Waals surface area contributed by atoms with Gasteiger partial charge in [-0.2, -0.15) is 0 Å². The van der Waals surface area contributed by atoms with Crippen LogP contribution in [-0.2, 0) is 0 Å². The van der Waals surface area contributed by atoms with Crippen LogP contribution in [0.5, 0.6) is 0 Å². The van der Waals surface area contributed by atoms with Crippen LogP contribution < -0.4 is 5.32 Å². The molecule has 0 radical (unpaired) electrons. The first-order chi connectivity index (χ1) is 9.77. The zero-order valence-electron chi connectivity index (χ0n) is 14.5. The summed E-state index contributed by atoms with van der Waals surface area (Å²) in [7, 11) is 0. The highest BCUT2D eigenvalue weighted by Crippen LogP contribution is 2.30. The number of hydrogen-bond acceptors (Lipinski definition) is 1. The smallest absolute Gasteiger partial charge is 0.0400 e. The number of allylic oxidation sites excluding steroid dienone is 2. The molecular formula is C19H33N. The lowest BCUT2D eigenvalue weighted by atomic mass is 10.2. The van der Waals surface area contributed by atoms with Crippen LogP contribution in [0.15, 0.2) is 53.8 Å². The lowest BCUT2D eigenvalue weighted by Crippen LogP contribution is -1.99. The Bertz CT molecular complexity index is 374. The molecule has 0 aliphatic heterocycles. The van der Waals surface area contributed by atoms with Gasteiger partial charge in [0.15, 0.2) is 0 Å².